The number of hydrogen-bond acceptors (Lipinski definition) is 7. The van der Waals surface area contributed by atoms with Gasteiger partial charge in [-0.25, -0.2) is 9.97 Å². The Bertz CT molecular complexity index is 794. The molecule has 1 atom stereocenters. The molecule has 26 heavy (non-hydrogen) atoms. The molecular weight excluding hydrogens is 352 g/mol. The number of thioether (sulfide) groups is 1. The molecule has 0 aliphatic carbocycles. The fourth-order valence-electron chi connectivity index (χ4n) is 2.26. The molecular formula is C17H22N6O2S. The van der Waals surface area contributed by atoms with Gasteiger partial charge in [0.2, 0.25) is 5.91 Å². The Morgan fingerprint density at radius 3 is 2.31 bits per heavy atom. The van der Waals surface area contributed by atoms with Crippen LogP contribution in [0.1, 0.15) is 24.3 Å². The van der Waals surface area contributed by atoms with E-state index in [9.17, 15) is 9.59 Å². The number of anilines is 3. The average molecular weight is 374 g/mol. The number of rotatable bonds is 8. The lowest BCUT2D eigenvalue weighted by molar-refractivity contribution is -0.119. The van der Waals surface area contributed by atoms with Gasteiger partial charge in [0.05, 0.1) is 6.20 Å². The molecule has 1 heterocycles. The number of benzene rings is 1. The van der Waals surface area contributed by atoms with E-state index in [1.807, 2.05) is 44.4 Å². The Morgan fingerprint density at radius 2 is 1.81 bits per heavy atom. The van der Waals surface area contributed by atoms with Crippen molar-refractivity contribution >= 4 is 40.9 Å². The standard InChI is InChI=1S/C17H22N6O2S/c1-9(2)13(15(18)24)22-12-8-20-14(16(19)25)17(23-12)21-10-4-6-11(26-3)7-5-10/h4-9,13H,1-3H3,(H2,18,24)(H2,19,25)(H2,21,22,23). The Morgan fingerprint density at radius 1 is 1.15 bits per heavy atom. The number of nitrogens with zero attached hydrogens (tertiary/aromatic N) is 2. The van der Waals surface area contributed by atoms with Gasteiger partial charge in [-0.3, -0.25) is 9.59 Å². The van der Waals surface area contributed by atoms with Crippen LogP contribution in [0.4, 0.5) is 17.3 Å². The lowest BCUT2D eigenvalue weighted by atomic mass is 10.0. The number of aromatic nitrogens is 2. The minimum atomic E-state index is -0.706. The maximum Gasteiger partial charge on any atom is 0.271 e. The van der Waals surface area contributed by atoms with E-state index in [1.165, 1.54) is 6.20 Å². The lowest BCUT2D eigenvalue weighted by Gasteiger charge is -2.20. The molecule has 1 unspecified atom stereocenters. The minimum Gasteiger partial charge on any atom is -0.368 e. The van der Waals surface area contributed by atoms with Gasteiger partial charge in [0.25, 0.3) is 5.91 Å². The Hall–Kier alpha value is -2.81. The molecule has 0 saturated heterocycles. The molecule has 1 aromatic heterocycles. The highest BCUT2D eigenvalue weighted by Gasteiger charge is 2.21. The summed E-state index contributed by atoms with van der Waals surface area (Å²) >= 11 is 1.62. The summed E-state index contributed by atoms with van der Waals surface area (Å²) in [5, 5.41) is 5.98. The fraction of sp³-hybridized carbons (Fsp3) is 0.294. The lowest BCUT2D eigenvalue weighted by Crippen LogP contribution is -2.39. The second-order valence-electron chi connectivity index (χ2n) is 5.94. The Kier molecular flexibility index (Phi) is 6.40. The summed E-state index contributed by atoms with van der Waals surface area (Å²) in [6.07, 6.45) is 3.33. The van der Waals surface area contributed by atoms with Gasteiger partial charge in [0, 0.05) is 10.6 Å². The van der Waals surface area contributed by atoms with Crippen molar-refractivity contribution in [3.8, 4) is 0 Å². The van der Waals surface area contributed by atoms with Crippen molar-refractivity contribution in [2.75, 3.05) is 16.9 Å². The van der Waals surface area contributed by atoms with Gasteiger partial charge in [0.15, 0.2) is 11.5 Å². The SMILES string of the molecule is CSc1ccc(Nc2nc(NC(C(N)=O)C(C)C)cnc2C(N)=O)cc1. The summed E-state index contributed by atoms with van der Waals surface area (Å²) in [5.74, 6) is -0.728. The molecule has 0 fully saturated rings. The highest BCUT2D eigenvalue weighted by molar-refractivity contribution is 7.98. The zero-order chi connectivity index (χ0) is 19.3. The first-order valence-electron chi connectivity index (χ1n) is 7.95. The van der Waals surface area contributed by atoms with E-state index < -0.39 is 17.9 Å². The van der Waals surface area contributed by atoms with Crippen molar-refractivity contribution < 1.29 is 9.59 Å². The van der Waals surface area contributed by atoms with Crippen LogP contribution < -0.4 is 22.1 Å². The molecule has 0 spiro atoms. The number of carbonyl (C=O) groups is 2. The van der Waals surface area contributed by atoms with Crippen LogP contribution >= 0.6 is 11.8 Å². The quantitative estimate of drug-likeness (QED) is 0.518. The summed E-state index contributed by atoms with van der Waals surface area (Å²) in [6.45, 7) is 3.72. The third-order valence-electron chi connectivity index (χ3n) is 3.64. The molecule has 2 rings (SSSR count). The zero-order valence-electron chi connectivity index (χ0n) is 14.8. The Labute approximate surface area is 156 Å². The van der Waals surface area contributed by atoms with Gasteiger partial charge in [-0.1, -0.05) is 13.8 Å². The second-order valence-corrected chi connectivity index (χ2v) is 6.82. The van der Waals surface area contributed by atoms with E-state index in [0.717, 1.165) is 10.6 Å². The van der Waals surface area contributed by atoms with E-state index in [1.54, 1.807) is 11.8 Å². The van der Waals surface area contributed by atoms with E-state index in [4.69, 9.17) is 11.5 Å². The predicted molar refractivity (Wildman–Crippen MR) is 103 cm³/mol. The molecule has 0 aliphatic heterocycles. The Balaban J connectivity index is 2.32. The highest BCUT2D eigenvalue weighted by Crippen LogP contribution is 2.23. The smallest absolute Gasteiger partial charge is 0.271 e. The monoisotopic (exact) mass is 374 g/mol. The number of nitrogens with one attached hydrogen (secondary N) is 2. The van der Waals surface area contributed by atoms with Crippen LogP contribution in [0.15, 0.2) is 35.4 Å². The molecule has 138 valence electrons. The predicted octanol–water partition coefficient (Wildman–Crippen LogP) is 1.96. The number of carbonyl (C=O) groups excluding carboxylic acids is 2. The van der Waals surface area contributed by atoms with Crippen molar-refractivity contribution in [2.45, 2.75) is 24.8 Å². The number of hydrogen-bond donors (Lipinski definition) is 4. The van der Waals surface area contributed by atoms with Crippen LogP contribution in [-0.2, 0) is 4.79 Å². The van der Waals surface area contributed by atoms with Crippen molar-refractivity contribution in [2.24, 2.45) is 17.4 Å². The third kappa shape index (κ3) is 4.85. The summed E-state index contributed by atoms with van der Waals surface area (Å²) in [6, 6.07) is 6.98. The largest absolute Gasteiger partial charge is 0.368 e. The molecule has 0 saturated carbocycles. The number of nitrogens with two attached hydrogens (primary N) is 2. The van der Waals surface area contributed by atoms with E-state index in [2.05, 4.69) is 20.6 Å². The van der Waals surface area contributed by atoms with E-state index in [0.29, 0.717) is 5.82 Å². The van der Waals surface area contributed by atoms with Gasteiger partial charge in [0.1, 0.15) is 11.9 Å². The molecule has 2 aromatic rings. The van der Waals surface area contributed by atoms with Crippen molar-refractivity contribution in [1.29, 1.82) is 0 Å². The zero-order valence-corrected chi connectivity index (χ0v) is 15.6. The molecule has 0 radical (unpaired) electrons. The van der Waals surface area contributed by atoms with E-state index in [-0.39, 0.29) is 17.4 Å². The second kappa shape index (κ2) is 8.52. The number of amides is 2. The fourth-order valence-corrected chi connectivity index (χ4v) is 2.67. The maximum atomic E-state index is 11.6. The van der Waals surface area contributed by atoms with Gasteiger partial charge < -0.3 is 22.1 Å². The van der Waals surface area contributed by atoms with Crippen LogP contribution in [-0.4, -0.2) is 34.1 Å². The summed E-state index contributed by atoms with van der Waals surface area (Å²) in [4.78, 5) is 32.7. The normalized spacial score (nSPS) is 11.8. The molecule has 6 N–H and O–H groups in total. The average Bonchev–Trinajstić information content (AvgIpc) is 2.59. The van der Waals surface area contributed by atoms with Crippen molar-refractivity contribution in [3.05, 3.63) is 36.2 Å². The van der Waals surface area contributed by atoms with Crippen LogP contribution in [0.2, 0.25) is 0 Å². The summed E-state index contributed by atoms with van der Waals surface area (Å²) in [5.41, 5.74) is 11.5. The van der Waals surface area contributed by atoms with Gasteiger partial charge >= 0.3 is 0 Å². The molecule has 1 aromatic carbocycles. The van der Waals surface area contributed by atoms with Gasteiger partial charge in [-0.15, -0.1) is 11.8 Å². The van der Waals surface area contributed by atoms with Crippen LogP contribution in [0.25, 0.3) is 0 Å². The first-order chi connectivity index (χ1) is 12.3. The maximum absolute atomic E-state index is 11.6. The topological polar surface area (TPSA) is 136 Å². The van der Waals surface area contributed by atoms with Crippen LogP contribution in [0.3, 0.4) is 0 Å². The minimum absolute atomic E-state index is 0.00432. The van der Waals surface area contributed by atoms with Gasteiger partial charge in [-0.2, -0.15) is 0 Å². The van der Waals surface area contributed by atoms with Crippen LogP contribution in [0, 0.1) is 5.92 Å². The molecule has 8 nitrogen and oxygen atoms in total. The van der Waals surface area contributed by atoms with E-state index >= 15 is 0 Å². The molecule has 9 heteroatoms. The summed E-state index contributed by atoms with van der Waals surface area (Å²) in [7, 11) is 0. The molecule has 0 aliphatic rings. The molecule has 0 bridgehead atoms. The highest BCUT2D eigenvalue weighted by atomic mass is 32.2. The first kappa shape index (κ1) is 19.5. The van der Waals surface area contributed by atoms with Crippen molar-refractivity contribution in [1.82, 2.24) is 9.97 Å². The van der Waals surface area contributed by atoms with Crippen LogP contribution in [0.5, 0.6) is 0 Å². The van der Waals surface area contributed by atoms with Crippen molar-refractivity contribution in [3.63, 3.8) is 0 Å². The molecule has 2 amide bonds. The number of primary amides is 2. The summed E-state index contributed by atoms with van der Waals surface area (Å²) < 4.78 is 0. The third-order valence-corrected chi connectivity index (χ3v) is 4.38. The first-order valence-corrected chi connectivity index (χ1v) is 9.18. The van der Waals surface area contributed by atoms with Gasteiger partial charge in [-0.05, 0) is 36.4 Å².